The number of carbonyl (C=O) groups is 1. The number of hydrogen-bond acceptors (Lipinski definition) is 4. The molecule has 0 saturated carbocycles. The maximum atomic E-state index is 12.3. The summed E-state index contributed by atoms with van der Waals surface area (Å²) in [5.41, 5.74) is 4.85. The summed E-state index contributed by atoms with van der Waals surface area (Å²) >= 11 is 6.26. The van der Waals surface area contributed by atoms with Crippen LogP contribution in [0.15, 0.2) is 65.1 Å². The molecule has 1 aromatic heterocycles. The van der Waals surface area contributed by atoms with Gasteiger partial charge in [0.05, 0.1) is 10.7 Å². The molecule has 0 atom stereocenters. The lowest BCUT2D eigenvalue weighted by atomic mass is 10.2. The quantitative estimate of drug-likeness (QED) is 0.456. The average molecular weight is 407 g/mol. The largest absolute Gasteiger partial charge is 0.484 e. The molecule has 4 rings (SSSR count). The van der Waals surface area contributed by atoms with Crippen molar-refractivity contribution >= 4 is 34.3 Å². The smallest absolute Gasteiger partial charge is 0.262 e. The number of aromatic nitrogens is 1. The third-order valence-corrected chi connectivity index (χ3v) is 4.72. The van der Waals surface area contributed by atoms with E-state index in [9.17, 15) is 4.79 Å². The van der Waals surface area contributed by atoms with Crippen LogP contribution in [0.2, 0.25) is 5.02 Å². The van der Waals surface area contributed by atoms with Gasteiger partial charge in [-0.25, -0.2) is 4.98 Å². The fourth-order valence-electron chi connectivity index (χ4n) is 2.96. The molecule has 4 aromatic rings. The number of hydrogen-bond donors (Lipinski definition) is 1. The number of halogens is 1. The summed E-state index contributed by atoms with van der Waals surface area (Å²) < 4.78 is 11.4. The summed E-state index contributed by atoms with van der Waals surface area (Å²) in [5, 5.41) is 3.20. The predicted molar refractivity (Wildman–Crippen MR) is 114 cm³/mol. The molecule has 0 spiro atoms. The van der Waals surface area contributed by atoms with Gasteiger partial charge in [0.2, 0.25) is 5.89 Å². The van der Waals surface area contributed by atoms with Gasteiger partial charge >= 0.3 is 0 Å². The first-order valence-electron chi connectivity index (χ1n) is 9.14. The fourth-order valence-corrected chi connectivity index (χ4v) is 3.12. The minimum atomic E-state index is -0.307. The van der Waals surface area contributed by atoms with E-state index in [0.717, 1.165) is 22.2 Å². The van der Waals surface area contributed by atoms with Gasteiger partial charge in [0, 0.05) is 5.56 Å². The van der Waals surface area contributed by atoms with Crippen LogP contribution in [0.5, 0.6) is 5.75 Å². The monoisotopic (exact) mass is 406 g/mol. The van der Waals surface area contributed by atoms with E-state index in [2.05, 4.69) is 10.3 Å². The number of amides is 1. The summed E-state index contributed by atoms with van der Waals surface area (Å²) in [6.45, 7) is 3.85. The van der Waals surface area contributed by atoms with Crippen molar-refractivity contribution in [2.75, 3.05) is 11.9 Å². The Morgan fingerprint density at radius 3 is 2.72 bits per heavy atom. The van der Waals surface area contributed by atoms with E-state index >= 15 is 0 Å². The van der Waals surface area contributed by atoms with Crippen LogP contribution < -0.4 is 10.1 Å². The maximum Gasteiger partial charge on any atom is 0.262 e. The van der Waals surface area contributed by atoms with E-state index in [-0.39, 0.29) is 12.5 Å². The molecule has 0 unspecified atom stereocenters. The fraction of sp³-hybridized carbons (Fsp3) is 0.130. The normalized spacial score (nSPS) is 10.9. The third kappa shape index (κ3) is 4.41. The second-order valence-electron chi connectivity index (χ2n) is 6.84. The van der Waals surface area contributed by atoms with Crippen LogP contribution in [0.4, 0.5) is 5.69 Å². The van der Waals surface area contributed by atoms with E-state index in [4.69, 9.17) is 20.8 Å². The summed E-state index contributed by atoms with van der Waals surface area (Å²) in [6, 6.07) is 18.6. The Hall–Kier alpha value is -3.31. The molecule has 29 heavy (non-hydrogen) atoms. The van der Waals surface area contributed by atoms with Gasteiger partial charge < -0.3 is 14.5 Å². The topological polar surface area (TPSA) is 64.4 Å². The predicted octanol–water partition coefficient (Wildman–Crippen LogP) is 5.78. The number of ether oxygens (including phenoxy) is 1. The number of benzene rings is 3. The molecule has 146 valence electrons. The Kier molecular flexibility index (Phi) is 5.23. The highest BCUT2D eigenvalue weighted by Gasteiger charge is 2.13. The van der Waals surface area contributed by atoms with Crippen molar-refractivity contribution in [2.24, 2.45) is 0 Å². The van der Waals surface area contributed by atoms with Crippen molar-refractivity contribution in [3.8, 4) is 17.2 Å². The van der Waals surface area contributed by atoms with Crippen LogP contribution in [-0.4, -0.2) is 17.5 Å². The average Bonchev–Trinajstić information content (AvgIpc) is 3.11. The van der Waals surface area contributed by atoms with E-state index in [1.54, 1.807) is 18.2 Å². The van der Waals surface area contributed by atoms with E-state index < -0.39 is 0 Å². The number of oxazole rings is 1. The number of anilines is 1. The Morgan fingerprint density at radius 1 is 1.07 bits per heavy atom. The Bertz CT molecular complexity index is 1200. The molecular formula is C23H19ClN2O3. The molecule has 5 nitrogen and oxygen atoms in total. The first-order chi connectivity index (χ1) is 14.0. The van der Waals surface area contributed by atoms with Crippen molar-refractivity contribution in [3.63, 3.8) is 0 Å². The Balaban J connectivity index is 1.51. The van der Waals surface area contributed by atoms with Gasteiger partial charge in [-0.15, -0.1) is 0 Å². The molecule has 0 aliphatic heterocycles. The van der Waals surface area contributed by atoms with Gasteiger partial charge in [-0.2, -0.15) is 0 Å². The number of aryl methyl sites for hydroxylation is 2. The minimum Gasteiger partial charge on any atom is -0.484 e. The van der Waals surface area contributed by atoms with Gasteiger partial charge in [-0.1, -0.05) is 29.8 Å². The molecule has 0 radical (unpaired) electrons. The van der Waals surface area contributed by atoms with Crippen molar-refractivity contribution in [1.29, 1.82) is 0 Å². The summed E-state index contributed by atoms with van der Waals surface area (Å²) in [5.74, 6) is 0.800. The number of fused-ring (bicyclic) bond motifs is 1. The van der Waals surface area contributed by atoms with Gasteiger partial charge in [0.25, 0.3) is 5.91 Å². The summed E-state index contributed by atoms with van der Waals surface area (Å²) in [6.07, 6.45) is 0. The number of carbonyl (C=O) groups excluding carboxylic acids is 1. The van der Waals surface area contributed by atoms with Crippen molar-refractivity contribution in [3.05, 3.63) is 76.8 Å². The van der Waals surface area contributed by atoms with Crippen LogP contribution in [0.3, 0.4) is 0 Å². The Morgan fingerprint density at radius 2 is 1.90 bits per heavy atom. The minimum absolute atomic E-state index is 0.119. The standard InChI is InChI=1S/C23H19ClN2O3/c1-14-4-3-5-17(10-14)28-13-22(27)25-19-12-16(7-8-18(19)24)23-26-20-11-15(2)6-9-21(20)29-23/h3-12H,13H2,1-2H3,(H,25,27). The lowest BCUT2D eigenvalue weighted by molar-refractivity contribution is -0.118. The maximum absolute atomic E-state index is 12.3. The first-order valence-corrected chi connectivity index (χ1v) is 9.52. The number of rotatable bonds is 5. The summed E-state index contributed by atoms with van der Waals surface area (Å²) in [7, 11) is 0. The van der Waals surface area contributed by atoms with Crippen LogP contribution in [0.25, 0.3) is 22.6 Å². The van der Waals surface area contributed by atoms with Crippen molar-refractivity contribution in [1.82, 2.24) is 4.98 Å². The molecule has 1 heterocycles. The summed E-state index contributed by atoms with van der Waals surface area (Å²) in [4.78, 5) is 16.8. The van der Waals surface area contributed by atoms with Crippen LogP contribution >= 0.6 is 11.6 Å². The van der Waals surface area contributed by atoms with Gasteiger partial charge in [-0.3, -0.25) is 4.79 Å². The molecule has 1 amide bonds. The van der Waals surface area contributed by atoms with Crippen LogP contribution in [0, 0.1) is 13.8 Å². The van der Waals surface area contributed by atoms with Crippen molar-refractivity contribution in [2.45, 2.75) is 13.8 Å². The van der Waals surface area contributed by atoms with E-state index in [1.165, 1.54) is 0 Å². The molecule has 0 saturated heterocycles. The van der Waals surface area contributed by atoms with E-state index in [0.29, 0.717) is 27.9 Å². The molecule has 1 N–H and O–H groups in total. The third-order valence-electron chi connectivity index (χ3n) is 4.39. The first kappa shape index (κ1) is 19.0. The van der Waals surface area contributed by atoms with Gasteiger partial charge in [0.15, 0.2) is 12.2 Å². The second-order valence-corrected chi connectivity index (χ2v) is 7.25. The van der Waals surface area contributed by atoms with Gasteiger partial charge in [-0.05, 0) is 67.4 Å². The zero-order valence-corrected chi connectivity index (χ0v) is 16.8. The molecule has 6 heteroatoms. The zero-order chi connectivity index (χ0) is 20.4. The second kappa shape index (κ2) is 7.97. The molecule has 3 aromatic carbocycles. The number of nitrogens with one attached hydrogen (secondary N) is 1. The van der Waals surface area contributed by atoms with Crippen LogP contribution in [-0.2, 0) is 4.79 Å². The molecule has 0 fully saturated rings. The van der Waals surface area contributed by atoms with Crippen LogP contribution in [0.1, 0.15) is 11.1 Å². The highest BCUT2D eigenvalue weighted by Crippen LogP contribution is 2.30. The SMILES string of the molecule is Cc1cccc(OCC(=O)Nc2cc(-c3nc4cc(C)ccc4o3)ccc2Cl)c1. The molecular weight excluding hydrogens is 388 g/mol. The molecule has 0 bridgehead atoms. The lowest BCUT2D eigenvalue weighted by Gasteiger charge is -2.10. The molecule has 0 aliphatic carbocycles. The highest BCUT2D eigenvalue weighted by molar-refractivity contribution is 6.33. The van der Waals surface area contributed by atoms with E-state index in [1.807, 2.05) is 56.3 Å². The lowest BCUT2D eigenvalue weighted by Crippen LogP contribution is -2.20. The van der Waals surface area contributed by atoms with Gasteiger partial charge in [0.1, 0.15) is 11.3 Å². The van der Waals surface area contributed by atoms with Crippen molar-refractivity contribution < 1.29 is 13.9 Å². The highest BCUT2D eigenvalue weighted by atomic mass is 35.5. The number of nitrogens with zero attached hydrogens (tertiary/aromatic N) is 1. The zero-order valence-electron chi connectivity index (χ0n) is 16.0. The molecule has 0 aliphatic rings. The Labute approximate surface area is 173 Å².